The minimum absolute atomic E-state index is 0.241. The van der Waals surface area contributed by atoms with Gasteiger partial charge in [-0.2, -0.15) is 5.26 Å². The van der Waals surface area contributed by atoms with Crippen LogP contribution in [-0.2, 0) is 6.54 Å². The summed E-state index contributed by atoms with van der Waals surface area (Å²) in [5, 5.41) is 10.9. The Balaban J connectivity index is 2.68. The fourth-order valence-electron chi connectivity index (χ4n) is 0.818. The summed E-state index contributed by atoms with van der Waals surface area (Å²) < 4.78 is 0. The van der Waals surface area contributed by atoms with Gasteiger partial charge in [-0.1, -0.05) is 6.07 Å². The van der Waals surface area contributed by atoms with Gasteiger partial charge in [0.25, 0.3) is 0 Å². The molecule has 0 spiro atoms. The van der Waals surface area contributed by atoms with Gasteiger partial charge < -0.3 is 11.1 Å². The van der Waals surface area contributed by atoms with E-state index in [9.17, 15) is 4.79 Å². The molecule has 0 aliphatic rings. The number of carbonyl (C=O) groups is 1. The van der Waals surface area contributed by atoms with Crippen molar-refractivity contribution in [2.75, 3.05) is 0 Å². The van der Waals surface area contributed by atoms with Crippen molar-refractivity contribution in [1.82, 2.24) is 10.3 Å². The molecule has 0 saturated heterocycles. The van der Waals surface area contributed by atoms with Crippen molar-refractivity contribution in [3.63, 3.8) is 0 Å². The number of hydrogen-bond donors (Lipinski definition) is 2. The molecular weight excluding hydrogens is 168 g/mol. The molecule has 0 saturated carbocycles. The fraction of sp³-hybridized carbons (Fsp3) is 0.125. The molecule has 0 radical (unpaired) electrons. The summed E-state index contributed by atoms with van der Waals surface area (Å²) in [5.74, 6) is 0. The Bertz CT molecular complexity index is 355. The normalized spacial score (nSPS) is 8.85. The molecule has 66 valence electrons. The van der Waals surface area contributed by atoms with Crippen LogP contribution < -0.4 is 11.1 Å². The summed E-state index contributed by atoms with van der Waals surface area (Å²) in [4.78, 5) is 14.3. The van der Waals surface area contributed by atoms with Gasteiger partial charge in [0, 0.05) is 0 Å². The lowest BCUT2D eigenvalue weighted by molar-refractivity contribution is 0.248. The summed E-state index contributed by atoms with van der Waals surface area (Å²) in [6.07, 6.45) is 0. The number of nitrogens with one attached hydrogen (secondary N) is 1. The number of nitrogens with two attached hydrogens (primary N) is 1. The number of pyridine rings is 1. The number of nitrogens with zero attached hydrogens (tertiary/aromatic N) is 2. The highest BCUT2D eigenvalue weighted by Crippen LogP contribution is 1.97. The van der Waals surface area contributed by atoms with Crippen molar-refractivity contribution in [1.29, 1.82) is 5.26 Å². The molecular formula is C8H8N4O. The van der Waals surface area contributed by atoms with Gasteiger partial charge in [-0.25, -0.2) is 9.78 Å². The zero-order chi connectivity index (χ0) is 9.68. The van der Waals surface area contributed by atoms with Crippen LogP contribution in [0.2, 0.25) is 0 Å². The molecule has 0 fully saturated rings. The van der Waals surface area contributed by atoms with E-state index in [1.165, 1.54) is 0 Å². The molecule has 0 unspecified atom stereocenters. The van der Waals surface area contributed by atoms with E-state index in [-0.39, 0.29) is 6.54 Å². The van der Waals surface area contributed by atoms with E-state index in [2.05, 4.69) is 10.3 Å². The molecule has 0 atom stereocenters. The molecule has 1 heterocycles. The van der Waals surface area contributed by atoms with Crippen LogP contribution in [0.3, 0.4) is 0 Å². The van der Waals surface area contributed by atoms with Gasteiger partial charge in [0.05, 0.1) is 12.2 Å². The lowest BCUT2D eigenvalue weighted by Gasteiger charge is -2.00. The molecule has 0 aromatic carbocycles. The number of hydrogen-bond acceptors (Lipinski definition) is 3. The molecule has 5 nitrogen and oxygen atoms in total. The summed E-state index contributed by atoms with van der Waals surface area (Å²) >= 11 is 0. The lowest BCUT2D eigenvalue weighted by Crippen LogP contribution is -2.28. The van der Waals surface area contributed by atoms with Gasteiger partial charge in [0.1, 0.15) is 11.8 Å². The molecule has 1 rings (SSSR count). The first-order chi connectivity index (χ1) is 6.22. The van der Waals surface area contributed by atoms with E-state index in [1.54, 1.807) is 18.2 Å². The van der Waals surface area contributed by atoms with Crippen molar-refractivity contribution < 1.29 is 4.79 Å². The highest BCUT2D eigenvalue weighted by molar-refractivity contribution is 5.71. The molecule has 3 N–H and O–H groups in total. The van der Waals surface area contributed by atoms with Gasteiger partial charge in [-0.3, -0.25) is 0 Å². The fourth-order valence-corrected chi connectivity index (χ4v) is 0.818. The molecule has 13 heavy (non-hydrogen) atoms. The lowest BCUT2D eigenvalue weighted by atomic mass is 10.3. The Labute approximate surface area is 75.2 Å². The maximum absolute atomic E-state index is 10.3. The number of primary amides is 1. The molecule has 0 bridgehead atoms. The number of amides is 2. The van der Waals surface area contributed by atoms with Crippen molar-refractivity contribution >= 4 is 6.03 Å². The maximum Gasteiger partial charge on any atom is 0.312 e. The van der Waals surface area contributed by atoms with E-state index in [0.717, 1.165) is 0 Å². The van der Waals surface area contributed by atoms with Crippen LogP contribution in [0.4, 0.5) is 4.79 Å². The van der Waals surface area contributed by atoms with Crippen LogP contribution in [0.15, 0.2) is 18.2 Å². The minimum atomic E-state index is -0.607. The Morgan fingerprint density at radius 2 is 2.46 bits per heavy atom. The third kappa shape index (κ3) is 2.79. The molecule has 0 aliphatic carbocycles. The third-order valence-corrected chi connectivity index (χ3v) is 1.37. The monoisotopic (exact) mass is 176 g/mol. The van der Waals surface area contributed by atoms with E-state index >= 15 is 0 Å². The summed E-state index contributed by atoms with van der Waals surface area (Å²) in [7, 11) is 0. The zero-order valence-electron chi connectivity index (χ0n) is 6.82. The van der Waals surface area contributed by atoms with Crippen molar-refractivity contribution in [2.45, 2.75) is 6.54 Å². The molecule has 0 aliphatic heterocycles. The average Bonchev–Trinajstić information content (AvgIpc) is 2.15. The topological polar surface area (TPSA) is 91.8 Å². The van der Waals surface area contributed by atoms with Gasteiger partial charge in [-0.15, -0.1) is 0 Å². The van der Waals surface area contributed by atoms with Gasteiger partial charge in [0.15, 0.2) is 0 Å². The van der Waals surface area contributed by atoms with Crippen LogP contribution in [-0.4, -0.2) is 11.0 Å². The molecule has 5 heteroatoms. The summed E-state index contributed by atoms with van der Waals surface area (Å²) in [5.41, 5.74) is 5.80. The Hall–Kier alpha value is -2.09. The highest BCUT2D eigenvalue weighted by Gasteiger charge is 1.97. The summed E-state index contributed by atoms with van der Waals surface area (Å²) in [6, 6.07) is 6.29. The first-order valence-corrected chi connectivity index (χ1v) is 3.61. The number of rotatable bonds is 2. The standard InChI is InChI=1S/C8H8N4O/c9-4-6-2-1-3-7(12-6)5-11-8(10)13/h1-3H,5H2,(H3,10,11,13). The van der Waals surface area contributed by atoms with Crippen LogP contribution in [0.25, 0.3) is 0 Å². The largest absolute Gasteiger partial charge is 0.352 e. The Morgan fingerprint density at radius 3 is 3.08 bits per heavy atom. The van der Waals surface area contributed by atoms with E-state index in [4.69, 9.17) is 11.0 Å². The van der Waals surface area contributed by atoms with Crippen molar-refractivity contribution in [3.8, 4) is 6.07 Å². The van der Waals surface area contributed by atoms with Gasteiger partial charge in [0.2, 0.25) is 0 Å². The Morgan fingerprint density at radius 1 is 1.69 bits per heavy atom. The zero-order valence-corrected chi connectivity index (χ0v) is 6.82. The van der Waals surface area contributed by atoms with Crippen molar-refractivity contribution in [3.05, 3.63) is 29.6 Å². The number of urea groups is 1. The average molecular weight is 176 g/mol. The first-order valence-electron chi connectivity index (χ1n) is 3.61. The minimum Gasteiger partial charge on any atom is -0.352 e. The van der Waals surface area contributed by atoms with E-state index in [0.29, 0.717) is 11.4 Å². The predicted molar refractivity (Wildman–Crippen MR) is 45.4 cm³/mol. The smallest absolute Gasteiger partial charge is 0.312 e. The van der Waals surface area contributed by atoms with E-state index in [1.807, 2.05) is 6.07 Å². The maximum atomic E-state index is 10.3. The van der Waals surface area contributed by atoms with Gasteiger partial charge >= 0.3 is 6.03 Å². The second-order valence-electron chi connectivity index (χ2n) is 2.34. The number of carbonyl (C=O) groups excluding carboxylic acids is 1. The van der Waals surface area contributed by atoms with Crippen molar-refractivity contribution in [2.24, 2.45) is 5.73 Å². The van der Waals surface area contributed by atoms with E-state index < -0.39 is 6.03 Å². The van der Waals surface area contributed by atoms with Gasteiger partial charge in [-0.05, 0) is 12.1 Å². The summed E-state index contributed by atoms with van der Waals surface area (Å²) in [6.45, 7) is 0.241. The van der Waals surface area contributed by atoms with Crippen LogP contribution in [0.1, 0.15) is 11.4 Å². The molecule has 1 aromatic heterocycles. The number of nitriles is 1. The predicted octanol–water partition coefficient (Wildman–Crippen LogP) is 0.122. The third-order valence-electron chi connectivity index (χ3n) is 1.37. The van der Waals surface area contributed by atoms with Crippen LogP contribution in [0, 0.1) is 11.3 Å². The molecule has 1 aromatic rings. The second kappa shape index (κ2) is 4.07. The quantitative estimate of drug-likeness (QED) is 0.670. The SMILES string of the molecule is N#Cc1cccc(CNC(N)=O)n1. The van der Waals surface area contributed by atoms with Crippen LogP contribution >= 0.6 is 0 Å². The number of aromatic nitrogens is 1. The second-order valence-corrected chi connectivity index (χ2v) is 2.34. The molecule has 2 amide bonds. The first kappa shape index (κ1) is 9.00. The van der Waals surface area contributed by atoms with Crippen LogP contribution in [0.5, 0.6) is 0 Å². The Kier molecular flexibility index (Phi) is 2.82. The highest BCUT2D eigenvalue weighted by atomic mass is 16.2.